The van der Waals surface area contributed by atoms with Crippen molar-refractivity contribution >= 4 is 5.71 Å². The van der Waals surface area contributed by atoms with Gasteiger partial charge in [0.15, 0.2) is 0 Å². The molecule has 0 aromatic rings. The van der Waals surface area contributed by atoms with Crippen molar-refractivity contribution in [3.63, 3.8) is 0 Å². The highest BCUT2D eigenvalue weighted by Crippen LogP contribution is 2.29. The zero-order valence-corrected chi connectivity index (χ0v) is 9.84. The molecule has 0 N–H and O–H groups in total. The first-order valence-electron chi connectivity index (χ1n) is 5.93. The Bertz CT molecular complexity index is 219. The molecule has 0 heterocycles. The molecule has 0 atom stereocenters. The van der Waals surface area contributed by atoms with E-state index in [1.807, 2.05) is 0 Å². The summed E-state index contributed by atoms with van der Waals surface area (Å²) in [6.45, 7) is 7.37. The molecule has 0 aliphatic heterocycles. The quantitative estimate of drug-likeness (QED) is 0.601. The Kier molecular flexibility index (Phi) is 4.92. The van der Waals surface area contributed by atoms with Crippen molar-refractivity contribution in [1.29, 1.82) is 0 Å². The fraction of sp³-hybridized carbons (Fsp3) is 0.769. The molecule has 1 aliphatic rings. The van der Waals surface area contributed by atoms with E-state index in [-0.39, 0.29) is 0 Å². The normalized spacial score (nSPS) is 21.4. The van der Waals surface area contributed by atoms with Crippen molar-refractivity contribution in [2.24, 2.45) is 10.9 Å². The zero-order chi connectivity index (χ0) is 10.4. The van der Waals surface area contributed by atoms with Gasteiger partial charge in [-0.2, -0.15) is 0 Å². The summed E-state index contributed by atoms with van der Waals surface area (Å²) in [4.78, 5) is 4.40. The molecule has 1 heteroatoms. The molecule has 0 radical (unpaired) electrons. The summed E-state index contributed by atoms with van der Waals surface area (Å²) in [6.07, 6.45) is 9.33. The molecule has 80 valence electrons. The van der Waals surface area contributed by atoms with Crippen molar-refractivity contribution < 1.29 is 0 Å². The van der Waals surface area contributed by atoms with Crippen LogP contribution in [-0.2, 0) is 0 Å². The lowest BCUT2D eigenvalue weighted by molar-refractivity contribution is 0.403. The molecular weight excluding hydrogens is 170 g/mol. The molecule has 1 saturated carbocycles. The highest BCUT2D eigenvalue weighted by molar-refractivity contribution is 5.93. The molecule has 14 heavy (non-hydrogen) atoms. The van der Waals surface area contributed by atoms with Gasteiger partial charge in [0.25, 0.3) is 0 Å². The summed E-state index contributed by atoms with van der Waals surface area (Å²) >= 11 is 0. The van der Waals surface area contributed by atoms with Gasteiger partial charge in [-0.25, -0.2) is 0 Å². The largest absolute Gasteiger partial charge is 0.290 e. The number of hydrogen-bond acceptors (Lipinski definition) is 1. The maximum atomic E-state index is 4.40. The Balaban J connectivity index is 2.53. The van der Waals surface area contributed by atoms with Gasteiger partial charge in [-0.3, -0.25) is 4.99 Å². The third-order valence-corrected chi connectivity index (χ3v) is 3.09. The average molecular weight is 193 g/mol. The predicted molar refractivity (Wildman–Crippen MR) is 64.0 cm³/mol. The molecule has 1 rings (SSSR count). The van der Waals surface area contributed by atoms with Crippen LogP contribution in [0.15, 0.2) is 16.6 Å². The second-order valence-electron chi connectivity index (χ2n) is 4.34. The lowest BCUT2D eigenvalue weighted by Gasteiger charge is -2.22. The fourth-order valence-electron chi connectivity index (χ4n) is 2.30. The van der Waals surface area contributed by atoms with Crippen molar-refractivity contribution in [1.82, 2.24) is 0 Å². The first-order valence-corrected chi connectivity index (χ1v) is 5.93. The topological polar surface area (TPSA) is 12.4 Å². The smallest absolute Gasteiger partial charge is 0.0364 e. The molecule has 0 saturated heterocycles. The van der Waals surface area contributed by atoms with Crippen molar-refractivity contribution in [3.05, 3.63) is 11.6 Å². The third-order valence-electron chi connectivity index (χ3n) is 3.09. The highest BCUT2D eigenvalue weighted by atomic mass is 14.7. The van der Waals surface area contributed by atoms with E-state index in [0.717, 1.165) is 12.5 Å². The van der Waals surface area contributed by atoms with E-state index in [1.165, 1.54) is 37.8 Å². The van der Waals surface area contributed by atoms with Crippen LogP contribution in [0.4, 0.5) is 0 Å². The lowest BCUT2D eigenvalue weighted by Crippen LogP contribution is -2.08. The third kappa shape index (κ3) is 3.65. The van der Waals surface area contributed by atoms with Gasteiger partial charge in [-0.1, -0.05) is 24.8 Å². The highest BCUT2D eigenvalue weighted by Gasteiger charge is 2.14. The van der Waals surface area contributed by atoms with Crippen LogP contribution in [0.2, 0.25) is 0 Å². The minimum absolute atomic E-state index is 0.839. The van der Waals surface area contributed by atoms with Crippen LogP contribution < -0.4 is 0 Å². The standard InChI is InChI=1S/C13H23N/c1-4-14-12(3)10-11(2)13-8-6-5-7-9-13/h10,13H,4-9H2,1-3H3/b11-10+,14-12?. The minimum Gasteiger partial charge on any atom is -0.290 e. The van der Waals surface area contributed by atoms with E-state index in [1.54, 1.807) is 5.57 Å². The number of aliphatic imine (C=N–C) groups is 1. The summed E-state index contributed by atoms with van der Waals surface area (Å²) < 4.78 is 0. The van der Waals surface area contributed by atoms with Gasteiger partial charge in [0, 0.05) is 12.3 Å². The summed E-state index contributed by atoms with van der Waals surface area (Å²) in [6, 6.07) is 0. The Morgan fingerprint density at radius 3 is 2.43 bits per heavy atom. The van der Waals surface area contributed by atoms with Crippen LogP contribution >= 0.6 is 0 Å². The van der Waals surface area contributed by atoms with Crippen molar-refractivity contribution in [3.8, 4) is 0 Å². The molecule has 0 bridgehead atoms. The monoisotopic (exact) mass is 193 g/mol. The van der Waals surface area contributed by atoms with Crippen molar-refractivity contribution in [2.75, 3.05) is 6.54 Å². The summed E-state index contributed by atoms with van der Waals surface area (Å²) in [5, 5.41) is 0. The number of rotatable bonds is 3. The van der Waals surface area contributed by atoms with E-state index in [9.17, 15) is 0 Å². The summed E-state index contributed by atoms with van der Waals surface area (Å²) in [7, 11) is 0. The first kappa shape index (κ1) is 11.5. The van der Waals surface area contributed by atoms with Gasteiger partial charge in [-0.15, -0.1) is 0 Å². The van der Waals surface area contributed by atoms with E-state index < -0.39 is 0 Å². The van der Waals surface area contributed by atoms with Crippen LogP contribution in [0, 0.1) is 5.92 Å². The molecular formula is C13H23N. The summed E-state index contributed by atoms with van der Waals surface area (Å²) in [5.74, 6) is 0.839. The van der Waals surface area contributed by atoms with E-state index >= 15 is 0 Å². The average Bonchev–Trinajstić information content (AvgIpc) is 2.19. The molecule has 1 fully saturated rings. The minimum atomic E-state index is 0.839. The molecule has 0 spiro atoms. The molecule has 1 nitrogen and oxygen atoms in total. The number of allylic oxidation sites excluding steroid dienone is 2. The Hall–Kier alpha value is -0.590. The van der Waals surface area contributed by atoms with Gasteiger partial charge in [0.05, 0.1) is 0 Å². The van der Waals surface area contributed by atoms with E-state index in [4.69, 9.17) is 0 Å². The number of nitrogens with zero attached hydrogens (tertiary/aromatic N) is 1. The zero-order valence-electron chi connectivity index (χ0n) is 9.84. The molecule has 0 aromatic heterocycles. The predicted octanol–water partition coefficient (Wildman–Crippen LogP) is 3.99. The van der Waals surface area contributed by atoms with Gasteiger partial charge in [0.1, 0.15) is 0 Å². The number of hydrogen-bond donors (Lipinski definition) is 0. The summed E-state index contributed by atoms with van der Waals surface area (Å²) in [5.41, 5.74) is 2.73. The maximum Gasteiger partial charge on any atom is 0.0364 e. The van der Waals surface area contributed by atoms with Crippen LogP contribution in [0.1, 0.15) is 52.9 Å². The van der Waals surface area contributed by atoms with E-state index in [0.29, 0.717) is 0 Å². The SMILES string of the molecule is CCN=C(C)/C=C(\C)C1CCCCC1. The second kappa shape index (κ2) is 6.00. The Labute approximate surface area is 88.3 Å². The Morgan fingerprint density at radius 1 is 1.21 bits per heavy atom. The first-order chi connectivity index (χ1) is 6.74. The maximum absolute atomic E-state index is 4.40. The fourth-order valence-corrected chi connectivity index (χ4v) is 2.30. The molecule has 0 unspecified atom stereocenters. The molecule has 0 aromatic carbocycles. The van der Waals surface area contributed by atoms with E-state index in [2.05, 4.69) is 31.8 Å². The molecule has 0 amide bonds. The lowest BCUT2D eigenvalue weighted by atomic mass is 9.84. The Morgan fingerprint density at radius 2 is 1.86 bits per heavy atom. The van der Waals surface area contributed by atoms with Crippen LogP contribution in [-0.4, -0.2) is 12.3 Å². The second-order valence-corrected chi connectivity index (χ2v) is 4.34. The van der Waals surface area contributed by atoms with Crippen LogP contribution in [0.5, 0.6) is 0 Å². The van der Waals surface area contributed by atoms with Crippen LogP contribution in [0.3, 0.4) is 0 Å². The van der Waals surface area contributed by atoms with Gasteiger partial charge in [-0.05, 0) is 45.6 Å². The van der Waals surface area contributed by atoms with Gasteiger partial charge in [0.2, 0.25) is 0 Å². The van der Waals surface area contributed by atoms with Crippen LogP contribution in [0.25, 0.3) is 0 Å². The van der Waals surface area contributed by atoms with Gasteiger partial charge < -0.3 is 0 Å². The molecule has 1 aliphatic carbocycles. The van der Waals surface area contributed by atoms with Gasteiger partial charge >= 0.3 is 0 Å². The van der Waals surface area contributed by atoms with Crippen molar-refractivity contribution in [2.45, 2.75) is 52.9 Å².